The second-order valence-corrected chi connectivity index (χ2v) is 4.28. The van der Waals surface area contributed by atoms with Crippen molar-refractivity contribution in [3.05, 3.63) is 15.9 Å². The largest absolute Gasteiger partial charge is 0.406 e. The van der Waals surface area contributed by atoms with Gasteiger partial charge in [0, 0.05) is 20.0 Å². The van der Waals surface area contributed by atoms with E-state index < -0.39 is 11.0 Å². The third-order valence-corrected chi connectivity index (χ3v) is 2.55. The summed E-state index contributed by atoms with van der Waals surface area (Å²) in [6, 6.07) is -0.0662. The lowest BCUT2D eigenvalue weighted by Gasteiger charge is -2.16. The summed E-state index contributed by atoms with van der Waals surface area (Å²) in [5.41, 5.74) is 0. The second kappa shape index (κ2) is 5.13. The third-order valence-electron chi connectivity index (χ3n) is 2.55. The first kappa shape index (κ1) is 13.4. The molecule has 2 unspecified atom stereocenters. The summed E-state index contributed by atoms with van der Waals surface area (Å²) in [6.45, 7) is 5.25. The average Bonchev–Trinajstić information content (AvgIpc) is 2.44. The molecule has 96 valence electrons. The minimum atomic E-state index is -0.509. The highest BCUT2D eigenvalue weighted by atomic mass is 16.6. The van der Waals surface area contributed by atoms with E-state index >= 15 is 0 Å². The molecule has 0 bridgehead atoms. The summed E-state index contributed by atoms with van der Waals surface area (Å²) in [4.78, 5) is 14.2. The number of aliphatic hydroxyl groups is 1. The molecule has 0 aliphatic heterocycles. The molecule has 0 saturated carbocycles. The van der Waals surface area contributed by atoms with E-state index in [9.17, 15) is 15.2 Å². The third kappa shape index (κ3) is 3.16. The summed E-state index contributed by atoms with van der Waals surface area (Å²) in [5.74, 6) is 0.770. The van der Waals surface area contributed by atoms with Gasteiger partial charge in [-0.15, -0.1) is 0 Å². The van der Waals surface area contributed by atoms with Crippen LogP contribution >= 0.6 is 0 Å². The van der Waals surface area contributed by atoms with E-state index in [0.29, 0.717) is 18.1 Å². The monoisotopic (exact) mass is 242 g/mol. The highest BCUT2D eigenvalue weighted by Crippen LogP contribution is 2.24. The predicted octanol–water partition coefficient (Wildman–Crippen LogP) is 1.21. The van der Waals surface area contributed by atoms with Crippen molar-refractivity contribution < 1.29 is 10.0 Å². The van der Waals surface area contributed by atoms with Crippen LogP contribution in [0.25, 0.3) is 0 Å². The molecule has 2 atom stereocenters. The highest BCUT2D eigenvalue weighted by molar-refractivity contribution is 5.54. The molecule has 1 heterocycles. The number of aliphatic hydroxyl groups excluding tert-OH is 1. The van der Waals surface area contributed by atoms with Gasteiger partial charge >= 0.3 is 5.82 Å². The van der Waals surface area contributed by atoms with Crippen LogP contribution in [0.1, 0.15) is 26.1 Å². The van der Waals surface area contributed by atoms with Crippen LogP contribution in [0.5, 0.6) is 0 Å². The van der Waals surface area contributed by atoms with Crippen LogP contribution in [-0.4, -0.2) is 31.7 Å². The van der Waals surface area contributed by atoms with Crippen molar-refractivity contribution >= 4 is 11.6 Å². The van der Waals surface area contributed by atoms with Crippen molar-refractivity contribution in [2.24, 2.45) is 7.05 Å². The van der Waals surface area contributed by atoms with Crippen LogP contribution in [0.3, 0.4) is 0 Å². The van der Waals surface area contributed by atoms with Crippen molar-refractivity contribution in [1.82, 2.24) is 9.55 Å². The topological polar surface area (TPSA) is 93.2 Å². The van der Waals surface area contributed by atoms with Crippen molar-refractivity contribution in [2.45, 2.75) is 39.3 Å². The zero-order valence-electron chi connectivity index (χ0n) is 10.5. The molecule has 2 N–H and O–H groups in total. The standard InChI is InChI=1S/C10H18N4O3/c1-6(5-7(2)15)11-9-10(14(16)17)12-8(3)13(9)4/h6-7,11,15H,5H2,1-4H3. The van der Waals surface area contributed by atoms with Crippen LogP contribution in [0.4, 0.5) is 11.6 Å². The molecule has 0 amide bonds. The molecule has 0 saturated heterocycles. The Bertz CT molecular complexity index is 414. The zero-order valence-corrected chi connectivity index (χ0v) is 10.5. The van der Waals surface area contributed by atoms with Gasteiger partial charge in [0.15, 0.2) is 0 Å². The molecule has 1 rings (SSSR count). The van der Waals surface area contributed by atoms with E-state index in [1.54, 1.807) is 25.5 Å². The van der Waals surface area contributed by atoms with Crippen LogP contribution < -0.4 is 5.32 Å². The summed E-state index contributed by atoms with van der Waals surface area (Å²) in [7, 11) is 1.72. The first-order chi connectivity index (χ1) is 7.82. The second-order valence-electron chi connectivity index (χ2n) is 4.28. The highest BCUT2D eigenvalue weighted by Gasteiger charge is 2.24. The molecule has 7 heteroatoms. The first-order valence-corrected chi connectivity index (χ1v) is 5.45. The summed E-state index contributed by atoms with van der Waals surface area (Å²) in [6.07, 6.45) is 0.0624. The van der Waals surface area contributed by atoms with Gasteiger partial charge in [-0.2, -0.15) is 0 Å². The van der Waals surface area contributed by atoms with Gasteiger partial charge in [0.2, 0.25) is 11.6 Å². The lowest BCUT2D eigenvalue weighted by atomic mass is 10.1. The SMILES string of the molecule is Cc1nc([N+](=O)[O-])c(NC(C)CC(C)O)n1C. The molecule has 7 nitrogen and oxygen atoms in total. The van der Waals surface area contributed by atoms with Gasteiger partial charge in [0.05, 0.1) is 6.10 Å². The lowest BCUT2D eigenvalue weighted by Crippen LogP contribution is -2.22. The van der Waals surface area contributed by atoms with E-state index in [2.05, 4.69) is 10.3 Å². The van der Waals surface area contributed by atoms with E-state index in [1.165, 1.54) is 0 Å². The smallest absolute Gasteiger partial charge is 0.393 e. The molecule has 1 aromatic heterocycles. The molecule has 1 aromatic rings. The Labute approximate surface area is 99.6 Å². The summed E-state index contributed by atoms with van der Waals surface area (Å²) < 4.78 is 1.64. The van der Waals surface area contributed by atoms with E-state index in [4.69, 9.17) is 0 Å². The van der Waals surface area contributed by atoms with Crippen LogP contribution in [-0.2, 0) is 7.05 Å². The molecule has 17 heavy (non-hydrogen) atoms. The zero-order chi connectivity index (χ0) is 13.2. The van der Waals surface area contributed by atoms with Crippen LogP contribution in [0.2, 0.25) is 0 Å². The number of nitrogens with zero attached hydrogens (tertiary/aromatic N) is 3. The average molecular weight is 242 g/mol. The Morgan fingerprint density at radius 2 is 2.18 bits per heavy atom. The fourth-order valence-electron chi connectivity index (χ4n) is 1.69. The number of nitrogens with one attached hydrogen (secondary N) is 1. The van der Waals surface area contributed by atoms with E-state index in [-0.39, 0.29) is 11.9 Å². The fourth-order valence-corrected chi connectivity index (χ4v) is 1.69. The number of anilines is 1. The quantitative estimate of drug-likeness (QED) is 0.598. The van der Waals surface area contributed by atoms with Gasteiger partial charge in [-0.3, -0.25) is 4.57 Å². The Morgan fingerprint density at radius 1 is 1.59 bits per heavy atom. The summed E-state index contributed by atoms with van der Waals surface area (Å²) in [5, 5.41) is 23.1. The molecule has 0 aliphatic carbocycles. The maximum Gasteiger partial charge on any atom is 0.406 e. The van der Waals surface area contributed by atoms with E-state index in [0.717, 1.165) is 0 Å². The van der Waals surface area contributed by atoms with Crippen molar-refractivity contribution in [3.63, 3.8) is 0 Å². The molecule has 0 radical (unpaired) electrons. The normalized spacial score (nSPS) is 14.4. The molecule has 0 spiro atoms. The van der Waals surface area contributed by atoms with Gasteiger partial charge < -0.3 is 20.5 Å². The predicted molar refractivity (Wildman–Crippen MR) is 64.0 cm³/mol. The number of hydrogen-bond acceptors (Lipinski definition) is 5. The molecular formula is C10H18N4O3. The Morgan fingerprint density at radius 3 is 2.65 bits per heavy atom. The Hall–Kier alpha value is -1.63. The number of hydrogen-bond donors (Lipinski definition) is 2. The van der Waals surface area contributed by atoms with Gasteiger partial charge in [0.1, 0.15) is 0 Å². The Kier molecular flexibility index (Phi) is 4.06. The van der Waals surface area contributed by atoms with Crippen LogP contribution in [0, 0.1) is 17.0 Å². The van der Waals surface area contributed by atoms with Crippen molar-refractivity contribution in [2.75, 3.05) is 5.32 Å². The Balaban J connectivity index is 2.93. The number of nitro groups is 1. The number of rotatable bonds is 5. The minimum absolute atomic E-state index is 0.0662. The maximum atomic E-state index is 10.8. The maximum absolute atomic E-state index is 10.8. The van der Waals surface area contributed by atoms with Gasteiger partial charge in [0.25, 0.3) is 0 Å². The van der Waals surface area contributed by atoms with Crippen molar-refractivity contribution in [1.29, 1.82) is 0 Å². The molecule has 0 aliphatic rings. The van der Waals surface area contributed by atoms with Crippen molar-refractivity contribution in [3.8, 4) is 0 Å². The van der Waals surface area contributed by atoms with Gasteiger partial charge in [-0.05, 0) is 30.2 Å². The number of imidazole rings is 1. The van der Waals surface area contributed by atoms with E-state index in [1.807, 2.05) is 6.92 Å². The number of aromatic nitrogens is 2. The fraction of sp³-hybridized carbons (Fsp3) is 0.700. The van der Waals surface area contributed by atoms with Crippen LogP contribution in [0.15, 0.2) is 0 Å². The van der Waals surface area contributed by atoms with Gasteiger partial charge in [-0.1, -0.05) is 0 Å². The molecule has 0 aromatic carbocycles. The van der Waals surface area contributed by atoms with Gasteiger partial charge in [-0.25, -0.2) is 0 Å². The molecular weight excluding hydrogens is 224 g/mol. The lowest BCUT2D eigenvalue weighted by molar-refractivity contribution is -0.388. The summed E-state index contributed by atoms with van der Waals surface area (Å²) >= 11 is 0. The molecule has 0 fully saturated rings. The number of aryl methyl sites for hydroxylation is 1. The first-order valence-electron chi connectivity index (χ1n) is 5.45. The minimum Gasteiger partial charge on any atom is -0.393 e.